The van der Waals surface area contributed by atoms with Gasteiger partial charge in [-0.1, -0.05) is 56.1 Å². The minimum absolute atomic E-state index is 0. The molecule has 0 bridgehead atoms. The van der Waals surface area contributed by atoms with Crippen LogP contribution in [0.2, 0.25) is 0 Å². The molecule has 2 atom stereocenters. The van der Waals surface area contributed by atoms with Gasteiger partial charge < -0.3 is 9.90 Å². The van der Waals surface area contributed by atoms with E-state index in [4.69, 9.17) is 1.34 Å². The van der Waals surface area contributed by atoms with Crippen molar-refractivity contribution in [3.63, 3.8) is 0 Å². The fraction of sp³-hybridized carbons (Fsp3) is 0.350. The molecule has 0 fully saturated rings. The number of halogens is 2. The second kappa shape index (κ2) is 20.5. The van der Waals surface area contributed by atoms with Gasteiger partial charge in [0.1, 0.15) is 12.4 Å². The van der Waals surface area contributed by atoms with Gasteiger partial charge in [0.2, 0.25) is 12.6 Å². The average Bonchev–Trinajstić information content (AvgIpc) is 2.75. The first-order valence-electron chi connectivity index (χ1n) is 9.54. The van der Waals surface area contributed by atoms with Gasteiger partial charge in [0.15, 0.2) is 0 Å². The maximum absolute atomic E-state index is 10.4. The maximum atomic E-state index is 10.4. The Kier molecular flexibility index (Phi) is 21.3. The van der Waals surface area contributed by atoms with E-state index >= 15 is 0 Å². The Morgan fingerprint density at radius 1 is 1.09 bits per heavy atom. The Balaban J connectivity index is -0.000000433. The SMILES string of the molecule is CC(C(O)Cc1cccc(Br)c1)[N+](=O)[O-].CC[N+](=O)[O-].O=CCc1cccc(Br)c1.[2H][B].[U]. The fourth-order valence-corrected chi connectivity index (χ4v) is 2.87. The molecule has 0 heterocycles. The molecule has 2 rings (SSSR count). The van der Waals surface area contributed by atoms with Crippen LogP contribution in [0.25, 0.3) is 0 Å². The second-order valence-corrected chi connectivity index (χ2v) is 7.91. The summed E-state index contributed by atoms with van der Waals surface area (Å²) in [5, 5.41) is 29.2. The number of benzene rings is 2. The van der Waals surface area contributed by atoms with Crippen molar-refractivity contribution in [3.05, 3.63) is 88.8 Å². The summed E-state index contributed by atoms with van der Waals surface area (Å²) in [7, 11) is 3.75. The number of aldehydes is 1. The Hall–Kier alpha value is -1.05. The van der Waals surface area contributed by atoms with Crippen molar-refractivity contribution in [1.29, 1.82) is 1.34 Å². The number of rotatable bonds is 7. The van der Waals surface area contributed by atoms with Crippen LogP contribution >= 0.6 is 31.9 Å². The first-order chi connectivity index (χ1) is 15.1. The first-order valence-corrected chi connectivity index (χ1v) is 10.5. The zero-order chi connectivity index (χ0) is 25.1. The summed E-state index contributed by atoms with van der Waals surface area (Å²) < 4.78 is 7.17. The zero-order valence-corrected chi connectivity index (χ0v) is 25.0. The molecule has 0 amide bonds. The second-order valence-electron chi connectivity index (χ2n) is 6.08. The van der Waals surface area contributed by atoms with Gasteiger partial charge >= 0.3 is 0 Å². The molecule has 8 nitrogen and oxygen atoms in total. The van der Waals surface area contributed by atoms with E-state index in [0.717, 1.165) is 26.4 Å². The molecule has 0 saturated carbocycles. The van der Waals surface area contributed by atoms with Crippen LogP contribution in [0.15, 0.2) is 57.5 Å². The molecule has 0 aliphatic carbocycles. The number of carbonyl (C=O) groups excluding carboxylic acids is 1. The molecule has 0 saturated heterocycles. The predicted octanol–water partition coefficient (Wildman–Crippen LogP) is 3.84. The van der Waals surface area contributed by atoms with Gasteiger partial charge in [-0.2, -0.15) is 0 Å². The normalized spacial score (nSPS) is 11.1. The molecule has 0 aromatic heterocycles. The molecule has 0 spiro atoms. The predicted molar refractivity (Wildman–Crippen MR) is 129 cm³/mol. The Morgan fingerprint density at radius 3 is 1.91 bits per heavy atom. The molecule has 172 valence electrons. The van der Waals surface area contributed by atoms with Crippen molar-refractivity contribution < 1.29 is 50.9 Å². The molecule has 1 N–H and O–H groups in total. The zero-order valence-electron chi connectivity index (χ0n) is 18.7. The van der Waals surface area contributed by atoms with E-state index in [1.807, 2.05) is 48.5 Å². The standard InChI is InChI=1S/C10H12BrNO3.C8H7BrO.C2H5NO2.BH.U/c1-7(12(14)15)10(13)6-8-3-2-4-9(11)5-8;9-8-3-1-2-7(6-8)4-5-10;1-2-3(4)5;;/h2-5,7,10,13H,6H2,1H3;1-3,5-6H,4H2;2H2,1H3;1H;/i;;;1D;. The summed E-state index contributed by atoms with van der Waals surface area (Å²) in [4.78, 5) is 28.8. The van der Waals surface area contributed by atoms with Gasteiger partial charge in [-0.15, -0.1) is 0 Å². The molecule has 2 aromatic carbocycles. The van der Waals surface area contributed by atoms with Crippen molar-refractivity contribution >= 4 is 46.5 Å². The molecule has 32 heavy (non-hydrogen) atoms. The monoisotopic (exact) mass is 797 g/mol. The summed E-state index contributed by atoms with van der Waals surface area (Å²) in [5.74, 6) is 0. The minimum atomic E-state index is -0.950. The van der Waals surface area contributed by atoms with Crippen molar-refractivity contribution in [2.75, 3.05) is 6.54 Å². The van der Waals surface area contributed by atoms with Gasteiger partial charge in [-0.25, -0.2) is 0 Å². The topological polar surface area (TPSA) is 124 Å². The van der Waals surface area contributed by atoms with E-state index < -0.39 is 17.1 Å². The molecule has 12 heteroatoms. The smallest absolute Gasteiger partial charge is 0.236 e. The first kappa shape index (κ1) is 33.1. The van der Waals surface area contributed by atoms with Gasteiger partial charge in [-0.05, 0) is 36.7 Å². The van der Waals surface area contributed by atoms with E-state index in [9.17, 15) is 30.1 Å². The van der Waals surface area contributed by atoms with E-state index in [1.165, 1.54) is 13.8 Å². The number of hydrogen-bond donors (Lipinski definition) is 1. The van der Waals surface area contributed by atoms with E-state index in [-0.39, 0.29) is 42.6 Å². The molecule has 2 aromatic rings. The third-order valence-corrected chi connectivity index (χ3v) is 4.68. The Morgan fingerprint density at radius 2 is 1.53 bits per heavy atom. The van der Waals surface area contributed by atoms with Crippen LogP contribution in [-0.4, -0.2) is 49.6 Å². The summed E-state index contributed by atoms with van der Waals surface area (Å²) >= 11 is 6.62. The Bertz CT molecular complexity index is 839. The van der Waals surface area contributed by atoms with E-state index in [2.05, 4.69) is 40.2 Å². The summed E-state index contributed by atoms with van der Waals surface area (Å²) in [6.45, 7) is 2.93. The van der Waals surface area contributed by atoms with Crippen LogP contribution < -0.4 is 0 Å². The van der Waals surface area contributed by atoms with E-state index in [0.29, 0.717) is 12.8 Å². The summed E-state index contributed by atoms with van der Waals surface area (Å²) in [5.41, 5.74) is 1.93. The van der Waals surface area contributed by atoms with Crippen LogP contribution in [0, 0.1) is 51.3 Å². The van der Waals surface area contributed by atoms with Gasteiger partial charge in [0.05, 0.1) is 0 Å². The third kappa shape index (κ3) is 17.5. The van der Waals surface area contributed by atoms with Crippen molar-refractivity contribution in [3.8, 4) is 0 Å². The third-order valence-electron chi connectivity index (χ3n) is 3.69. The molecular formula is C20H25BBr2N2O6U. The summed E-state index contributed by atoms with van der Waals surface area (Å²) in [6.07, 6.45) is 0.747. The number of hydrogen-bond acceptors (Lipinski definition) is 6. The number of carbonyl (C=O) groups is 1. The van der Waals surface area contributed by atoms with Crippen molar-refractivity contribution in [2.24, 2.45) is 0 Å². The summed E-state index contributed by atoms with van der Waals surface area (Å²) in [6, 6.07) is 14.2. The quantitative estimate of drug-likeness (QED) is 0.197. The number of nitrogens with zero attached hydrogens (tertiary/aromatic N) is 2. The van der Waals surface area contributed by atoms with Crippen LogP contribution in [0.5, 0.6) is 0 Å². The van der Waals surface area contributed by atoms with E-state index in [1.54, 1.807) is 0 Å². The molecule has 2 radical (unpaired) electrons. The number of aliphatic hydroxyl groups excluding tert-OH is 1. The molecule has 2 unspecified atom stereocenters. The van der Waals surface area contributed by atoms with Gasteiger partial charge in [0, 0.05) is 85.0 Å². The van der Waals surface area contributed by atoms with Crippen LogP contribution in [0.4, 0.5) is 0 Å². The van der Waals surface area contributed by atoms with Gasteiger partial charge in [0.25, 0.3) is 0 Å². The Labute approximate surface area is 231 Å². The number of aliphatic hydroxyl groups is 1. The molecular weight excluding hydrogens is 773 g/mol. The maximum Gasteiger partial charge on any atom is 0.236 e. The fourth-order valence-electron chi connectivity index (χ4n) is 1.98. The average molecular weight is 799 g/mol. The van der Waals surface area contributed by atoms with Crippen LogP contribution in [-0.2, 0) is 17.6 Å². The largest absolute Gasteiger partial charge is 0.386 e. The molecule has 0 aliphatic heterocycles. The molecule has 0 aliphatic rings. The van der Waals surface area contributed by atoms with Gasteiger partial charge in [-0.3, -0.25) is 20.2 Å². The number of nitro groups is 2. The van der Waals surface area contributed by atoms with Crippen LogP contribution in [0.3, 0.4) is 0 Å². The van der Waals surface area contributed by atoms with Crippen molar-refractivity contribution in [2.45, 2.75) is 38.8 Å². The van der Waals surface area contributed by atoms with Crippen molar-refractivity contribution in [1.82, 2.24) is 0 Å². The minimum Gasteiger partial charge on any atom is -0.386 e. The van der Waals surface area contributed by atoms with Crippen LogP contribution in [0.1, 0.15) is 25.0 Å².